The average Bonchev–Trinajstić information content (AvgIpc) is 2.66. The lowest BCUT2D eigenvalue weighted by Crippen LogP contribution is -2.34. The lowest BCUT2D eigenvalue weighted by Gasteiger charge is -2.22. The van der Waals surface area contributed by atoms with Gasteiger partial charge in [-0.05, 0) is 38.3 Å². The summed E-state index contributed by atoms with van der Waals surface area (Å²) in [7, 11) is 1.59. The van der Waals surface area contributed by atoms with Crippen molar-refractivity contribution in [2.24, 2.45) is 4.99 Å². The molecule has 0 aromatic heterocycles. The molecule has 27 heavy (non-hydrogen) atoms. The van der Waals surface area contributed by atoms with Gasteiger partial charge in [0.05, 0.1) is 17.5 Å². The van der Waals surface area contributed by atoms with Crippen LogP contribution in [0.3, 0.4) is 0 Å². The normalized spacial score (nSPS) is 17.5. The molecule has 0 saturated heterocycles. The molecule has 0 fully saturated rings. The topological polar surface area (TPSA) is 58.9 Å². The monoisotopic (exact) mass is 373 g/mol. The molecule has 0 spiro atoms. The third kappa shape index (κ3) is 7.19. The third-order valence-corrected chi connectivity index (χ3v) is 5.26. The molecule has 1 N–H and O–H groups in total. The smallest absolute Gasteiger partial charge is 0.199 e. The molecule has 1 aliphatic rings. The van der Waals surface area contributed by atoms with Gasteiger partial charge >= 0.3 is 0 Å². The van der Waals surface area contributed by atoms with E-state index in [0.29, 0.717) is 5.56 Å². The van der Waals surface area contributed by atoms with Crippen LogP contribution in [0.15, 0.2) is 29.3 Å². The number of fused-ring (bicyclic) bond motifs is 1. The number of aliphatic hydroxyl groups is 1. The van der Waals surface area contributed by atoms with Crippen LogP contribution in [0.25, 0.3) is 0 Å². The summed E-state index contributed by atoms with van der Waals surface area (Å²) in [6, 6.07) is 7.52. The van der Waals surface area contributed by atoms with E-state index in [4.69, 9.17) is 4.74 Å². The van der Waals surface area contributed by atoms with Crippen molar-refractivity contribution in [2.75, 3.05) is 7.11 Å². The average molecular weight is 374 g/mol. The highest BCUT2D eigenvalue weighted by atomic mass is 16.5. The number of unbranched alkanes of at least 4 members (excludes halogenated alkanes) is 8. The fourth-order valence-corrected chi connectivity index (χ4v) is 3.70. The fraction of sp³-hybridized carbons (Fsp3) is 0.652. The number of benzene rings is 1. The highest BCUT2D eigenvalue weighted by Gasteiger charge is 2.30. The number of methoxy groups -OCH3 is 1. The second-order valence-corrected chi connectivity index (χ2v) is 7.67. The number of hydrogen-bond acceptors (Lipinski definition) is 4. The molecule has 0 bridgehead atoms. The molecule has 4 nitrogen and oxygen atoms in total. The number of ether oxygens (including phenoxy) is 1. The summed E-state index contributed by atoms with van der Waals surface area (Å²) in [6.07, 6.45) is 12.1. The molecule has 0 saturated carbocycles. The first kappa shape index (κ1) is 21.8. The Morgan fingerprint density at radius 1 is 1.00 bits per heavy atom. The number of Topliss-reactive ketones (excluding diaryl/α,β-unsaturated/α-hetero) is 1. The molecular weight excluding hydrogens is 338 g/mol. The fourth-order valence-electron chi connectivity index (χ4n) is 3.70. The zero-order chi connectivity index (χ0) is 19.5. The van der Waals surface area contributed by atoms with Crippen molar-refractivity contribution in [2.45, 2.75) is 89.8 Å². The molecule has 1 aromatic rings. The Labute approximate surface area is 164 Å². The van der Waals surface area contributed by atoms with Gasteiger partial charge in [0.2, 0.25) is 0 Å². The second-order valence-electron chi connectivity index (χ2n) is 7.67. The maximum atomic E-state index is 12.6. The minimum atomic E-state index is -0.512. The summed E-state index contributed by atoms with van der Waals surface area (Å²) in [5.41, 5.74) is 2.32. The minimum Gasteiger partial charge on any atom is -0.393 e. The zero-order valence-electron chi connectivity index (χ0n) is 17.0. The van der Waals surface area contributed by atoms with E-state index in [2.05, 4.69) is 4.99 Å². The number of para-hydroxylation sites is 1. The van der Waals surface area contributed by atoms with Crippen molar-refractivity contribution in [3.63, 3.8) is 0 Å². The highest BCUT2D eigenvalue weighted by Crippen LogP contribution is 2.28. The largest absolute Gasteiger partial charge is 0.393 e. The lowest BCUT2D eigenvalue weighted by molar-refractivity contribution is 0.0749. The Bertz CT molecular complexity index is 609. The van der Waals surface area contributed by atoms with Crippen molar-refractivity contribution in [1.82, 2.24) is 0 Å². The van der Waals surface area contributed by atoms with E-state index in [0.717, 1.165) is 37.1 Å². The number of ketones is 1. The molecule has 4 heteroatoms. The van der Waals surface area contributed by atoms with E-state index in [9.17, 15) is 9.90 Å². The van der Waals surface area contributed by atoms with Crippen LogP contribution in [0.1, 0.15) is 87.9 Å². The maximum absolute atomic E-state index is 12.6. The van der Waals surface area contributed by atoms with Crippen LogP contribution in [0.5, 0.6) is 0 Å². The van der Waals surface area contributed by atoms with Crippen molar-refractivity contribution in [3.05, 3.63) is 29.8 Å². The van der Waals surface area contributed by atoms with Crippen LogP contribution in [-0.2, 0) is 4.74 Å². The third-order valence-electron chi connectivity index (χ3n) is 5.26. The number of hydrogen-bond donors (Lipinski definition) is 1. The van der Waals surface area contributed by atoms with Gasteiger partial charge in [-0.2, -0.15) is 0 Å². The van der Waals surface area contributed by atoms with Crippen LogP contribution >= 0.6 is 0 Å². The Balaban J connectivity index is 1.61. The van der Waals surface area contributed by atoms with Crippen LogP contribution < -0.4 is 0 Å². The number of aliphatic imine (C=N–C) groups is 1. The SMILES string of the molecule is COC1C(=O)c2ccccc2N=C1CCCCCCCCCCCC(C)O. The number of carbonyl (C=O) groups is 1. The number of nitrogens with zero attached hydrogens (tertiary/aromatic N) is 1. The van der Waals surface area contributed by atoms with Crippen LogP contribution in [0, 0.1) is 0 Å². The minimum absolute atomic E-state index is 0.0358. The molecule has 2 unspecified atom stereocenters. The molecule has 1 aromatic carbocycles. The molecule has 0 aliphatic carbocycles. The van der Waals surface area contributed by atoms with Crippen LogP contribution in [0.4, 0.5) is 5.69 Å². The van der Waals surface area contributed by atoms with Gasteiger partial charge in [-0.1, -0.05) is 63.5 Å². The van der Waals surface area contributed by atoms with Crippen molar-refractivity contribution < 1.29 is 14.6 Å². The standard InChI is InChI=1S/C23H35NO3/c1-18(25)14-10-8-6-4-3-5-7-9-11-17-21-23(27-2)22(26)19-15-12-13-16-20(19)24-21/h12-13,15-16,18,23,25H,3-11,14,17H2,1-2H3. The van der Waals surface area contributed by atoms with Crippen molar-refractivity contribution in [1.29, 1.82) is 0 Å². The summed E-state index contributed by atoms with van der Waals surface area (Å²) in [4.78, 5) is 17.2. The van der Waals surface area contributed by atoms with E-state index in [-0.39, 0.29) is 11.9 Å². The highest BCUT2D eigenvalue weighted by molar-refractivity contribution is 6.20. The zero-order valence-corrected chi connectivity index (χ0v) is 17.0. The Kier molecular flexibility index (Phi) is 9.71. The molecule has 0 amide bonds. The Hall–Kier alpha value is -1.52. The van der Waals surface area contributed by atoms with Gasteiger partial charge in [0.15, 0.2) is 11.9 Å². The Morgan fingerprint density at radius 3 is 2.22 bits per heavy atom. The molecule has 150 valence electrons. The van der Waals surface area contributed by atoms with E-state index >= 15 is 0 Å². The number of aliphatic hydroxyl groups excluding tert-OH is 1. The van der Waals surface area contributed by atoms with E-state index in [1.807, 2.05) is 31.2 Å². The maximum Gasteiger partial charge on any atom is 0.199 e. The predicted molar refractivity (Wildman–Crippen MR) is 111 cm³/mol. The molecule has 1 heterocycles. The summed E-state index contributed by atoms with van der Waals surface area (Å²) >= 11 is 0. The first-order valence-electron chi connectivity index (χ1n) is 10.5. The van der Waals surface area contributed by atoms with Crippen LogP contribution in [-0.4, -0.2) is 35.9 Å². The molecular formula is C23H35NO3. The van der Waals surface area contributed by atoms with Gasteiger partial charge < -0.3 is 9.84 Å². The van der Waals surface area contributed by atoms with Gasteiger partial charge in [-0.15, -0.1) is 0 Å². The van der Waals surface area contributed by atoms with Gasteiger partial charge in [-0.25, -0.2) is 0 Å². The van der Waals surface area contributed by atoms with E-state index in [1.165, 1.54) is 44.9 Å². The van der Waals surface area contributed by atoms with Crippen LogP contribution in [0.2, 0.25) is 0 Å². The van der Waals surface area contributed by atoms with E-state index in [1.54, 1.807) is 7.11 Å². The molecule has 1 aliphatic heterocycles. The predicted octanol–water partition coefficient (Wildman–Crippen LogP) is 5.64. The molecule has 0 radical (unpaired) electrons. The second kappa shape index (κ2) is 12.0. The molecule has 2 atom stereocenters. The van der Waals surface area contributed by atoms with E-state index < -0.39 is 6.10 Å². The first-order valence-corrected chi connectivity index (χ1v) is 10.5. The van der Waals surface area contributed by atoms with Gasteiger partial charge in [-0.3, -0.25) is 9.79 Å². The lowest BCUT2D eigenvalue weighted by atomic mass is 9.94. The summed E-state index contributed by atoms with van der Waals surface area (Å²) in [5, 5.41) is 9.23. The summed E-state index contributed by atoms with van der Waals surface area (Å²) in [6.45, 7) is 1.86. The first-order chi connectivity index (χ1) is 13.1. The Morgan fingerprint density at radius 2 is 1.59 bits per heavy atom. The van der Waals surface area contributed by atoms with Gasteiger partial charge in [0.1, 0.15) is 0 Å². The number of rotatable bonds is 13. The summed E-state index contributed by atoms with van der Waals surface area (Å²) < 4.78 is 5.43. The quantitative estimate of drug-likeness (QED) is 0.455. The van der Waals surface area contributed by atoms with Gasteiger partial charge in [0.25, 0.3) is 0 Å². The summed E-state index contributed by atoms with van der Waals surface area (Å²) in [5.74, 6) is 0.0358. The number of carbonyl (C=O) groups excluding carboxylic acids is 1. The van der Waals surface area contributed by atoms with Gasteiger partial charge in [0, 0.05) is 12.7 Å². The van der Waals surface area contributed by atoms with Crippen molar-refractivity contribution >= 4 is 17.2 Å². The molecule has 2 rings (SSSR count). The van der Waals surface area contributed by atoms with Crippen molar-refractivity contribution in [3.8, 4) is 0 Å².